The highest BCUT2D eigenvalue weighted by Crippen LogP contribution is 2.25. The second-order valence-corrected chi connectivity index (χ2v) is 3.15. The first-order valence-corrected chi connectivity index (χ1v) is 4.25. The van der Waals surface area contributed by atoms with Crippen LogP contribution in [0.3, 0.4) is 0 Å². The summed E-state index contributed by atoms with van der Waals surface area (Å²) in [7, 11) is 0. The minimum absolute atomic E-state index is 0.00588. The van der Waals surface area contributed by atoms with Crippen LogP contribution in [0.1, 0.15) is 12.0 Å². The summed E-state index contributed by atoms with van der Waals surface area (Å²) in [6.07, 6.45) is 1.14. The number of hydrogen-bond donors (Lipinski definition) is 1. The smallest absolute Gasteiger partial charge is 0.159 e. The van der Waals surface area contributed by atoms with E-state index in [-0.39, 0.29) is 12.2 Å². The monoisotopic (exact) mass is 174 g/mol. The van der Waals surface area contributed by atoms with Crippen molar-refractivity contribution in [2.75, 3.05) is 0 Å². The normalized spacial score (nSPS) is 21.8. The molecule has 1 N–H and O–H groups in total. The van der Waals surface area contributed by atoms with Gasteiger partial charge in [0.25, 0.3) is 0 Å². The van der Waals surface area contributed by atoms with Gasteiger partial charge in [-0.3, -0.25) is 4.79 Å². The molecule has 0 heterocycles. The molecule has 0 aromatic heterocycles. The Morgan fingerprint density at radius 3 is 2.46 bits per heavy atom. The van der Waals surface area contributed by atoms with Crippen molar-refractivity contribution in [1.29, 1.82) is 0 Å². The van der Waals surface area contributed by atoms with Crippen molar-refractivity contribution in [3.05, 3.63) is 42.0 Å². The summed E-state index contributed by atoms with van der Waals surface area (Å²) in [6, 6.07) is 9.49. The van der Waals surface area contributed by atoms with Crippen molar-refractivity contribution in [2.45, 2.75) is 12.5 Å². The van der Waals surface area contributed by atoms with Gasteiger partial charge in [-0.05, 0) is 17.2 Å². The highest BCUT2D eigenvalue weighted by molar-refractivity contribution is 6.03. The van der Waals surface area contributed by atoms with Crippen molar-refractivity contribution in [2.24, 2.45) is 0 Å². The summed E-state index contributed by atoms with van der Waals surface area (Å²) < 4.78 is 0. The molecule has 2 nitrogen and oxygen atoms in total. The van der Waals surface area contributed by atoms with E-state index in [1.54, 1.807) is 0 Å². The molecular formula is C11H10O2. The fourth-order valence-electron chi connectivity index (χ4n) is 1.54. The van der Waals surface area contributed by atoms with E-state index in [0.717, 1.165) is 11.1 Å². The predicted molar refractivity (Wildman–Crippen MR) is 50.0 cm³/mol. The van der Waals surface area contributed by atoms with Crippen molar-refractivity contribution in [3.63, 3.8) is 0 Å². The van der Waals surface area contributed by atoms with Gasteiger partial charge in [0.1, 0.15) is 0 Å². The maximum absolute atomic E-state index is 11.0. The van der Waals surface area contributed by atoms with Crippen LogP contribution in [0.15, 0.2) is 36.4 Å². The van der Waals surface area contributed by atoms with Gasteiger partial charge in [0.2, 0.25) is 0 Å². The van der Waals surface area contributed by atoms with Gasteiger partial charge in [0.15, 0.2) is 5.78 Å². The quantitative estimate of drug-likeness (QED) is 0.698. The molecule has 0 aliphatic heterocycles. The Kier molecular flexibility index (Phi) is 1.99. The maximum atomic E-state index is 11.0. The Morgan fingerprint density at radius 1 is 1.23 bits per heavy atom. The average molecular weight is 174 g/mol. The van der Waals surface area contributed by atoms with Crippen molar-refractivity contribution >= 4 is 11.4 Å². The summed E-state index contributed by atoms with van der Waals surface area (Å²) in [6.45, 7) is 0. The van der Waals surface area contributed by atoms with Crippen LogP contribution in [-0.4, -0.2) is 17.0 Å². The van der Waals surface area contributed by atoms with E-state index >= 15 is 0 Å². The SMILES string of the molecule is O=C1C=C(c2ccccc2)C(O)C1. The molecule has 0 spiro atoms. The van der Waals surface area contributed by atoms with Crippen LogP contribution >= 0.6 is 0 Å². The largest absolute Gasteiger partial charge is 0.388 e. The topological polar surface area (TPSA) is 37.3 Å². The lowest BCUT2D eigenvalue weighted by molar-refractivity contribution is -0.114. The van der Waals surface area contributed by atoms with Gasteiger partial charge in [0.05, 0.1) is 6.10 Å². The minimum Gasteiger partial charge on any atom is -0.388 e. The van der Waals surface area contributed by atoms with E-state index in [1.807, 2.05) is 30.3 Å². The standard InChI is InChI=1S/C11H10O2/c12-9-6-10(11(13)7-9)8-4-2-1-3-5-8/h1-6,11,13H,7H2. The Balaban J connectivity index is 2.37. The zero-order valence-corrected chi connectivity index (χ0v) is 7.10. The molecule has 66 valence electrons. The Labute approximate surface area is 76.5 Å². The van der Waals surface area contributed by atoms with Gasteiger partial charge in [-0.1, -0.05) is 30.3 Å². The predicted octanol–water partition coefficient (Wildman–Crippen LogP) is 1.40. The highest BCUT2D eigenvalue weighted by Gasteiger charge is 2.22. The molecule has 1 atom stereocenters. The first-order valence-electron chi connectivity index (χ1n) is 4.25. The van der Waals surface area contributed by atoms with Crippen LogP contribution in [-0.2, 0) is 4.79 Å². The number of benzene rings is 1. The first-order chi connectivity index (χ1) is 6.27. The number of allylic oxidation sites excluding steroid dienone is 1. The average Bonchev–Trinajstić information content (AvgIpc) is 2.47. The minimum atomic E-state index is -0.616. The van der Waals surface area contributed by atoms with E-state index in [1.165, 1.54) is 6.08 Å². The van der Waals surface area contributed by atoms with Crippen LogP contribution in [0.5, 0.6) is 0 Å². The summed E-state index contributed by atoms with van der Waals surface area (Å²) in [5.74, 6) is 0.00588. The van der Waals surface area contributed by atoms with Crippen molar-refractivity contribution in [3.8, 4) is 0 Å². The third kappa shape index (κ3) is 1.53. The molecule has 0 amide bonds. The molecule has 0 fully saturated rings. The van der Waals surface area contributed by atoms with Crippen molar-refractivity contribution < 1.29 is 9.90 Å². The summed E-state index contributed by atoms with van der Waals surface area (Å²) in [5.41, 5.74) is 1.67. The first kappa shape index (κ1) is 8.20. The molecule has 13 heavy (non-hydrogen) atoms. The zero-order chi connectivity index (χ0) is 9.26. The summed E-state index contributed by atoms with van der Waals surface area (Å²) >= 11 is 0. The molecule has 1 aromatic rings. The molecule has 1 aromatic carbocycles. The van der Waals surface area contributed by atoms with Crippen LogP contribution in [0.4, 0.5) is 0 Å². The lowest BCUT2D eigenvalue weighted by atomic mass is 10.0. The van der Waals surface area contributed by atoms with E-state index < -0.39 is 6.10 Å². The van der Waals surface area contributed by atoms with Gasteiger partial charge in [0, 0.05) is 6.42 Å². The van der Waals surface area contributed by atoms with Gasteiger partial charge >= 0.3 is 0 Å². The van der Waals surface area contributed by atoms with E-state index in [4.69, 9.17) is 0 Å². The number of carbonyl (C=O) groups excluding carboxylic acids is 1. The number of aliphatic hydroxyl groups excluding tert-OH is 1. The second-order valence-electron chi connectivity index (χ2n) is 3.15. The number of carbonyl (C=O) groups is 1. The second kappa shape index (κ2) is 3.15. The Bertz CT molecular complexity index is 352. The van der Waals surface area contributed by atoms with E-state index in [0.29, 0.717) is 0 Å². The molecule has 0 saturated heterocycles. The van der Waals surface area contributed by atoms with E-state index in [2.05, 4.69) is 0 Å². The molecule has 1 aliphatic rings. The van der Waals surface area contributed by atoms with Gasteiger partial charge in [-0.15, -0.1) is 0 Å². The van der Waals surface area contributed by atoms with Crippen molar-refractivity contribution in [1.82, 2.24) is 0 Å². The fraction of sp³-hybridized carbons (Fsp3) is 0.182. The highest BCUT2D eigenvalue weighted by atomic mass is 16.3. The third-order valence-corrected chi connectivity index (χ3v) is 2.18. The Hall–Kier alpha value is -1.41. The van der Waals surface area contributed by atoms with Crippen LogP contribution in [0.25, 0.3) is 5.57 Å². The number of aliphatic hydroxyl groups is 1. The summed E-state index contributed by atoms with van der Waals surface area (Å²) in [5, 5.41) is 9.52. The number of rotatable bonds is 1. The fourth-order valence-corrected chi connectivity index (χ4v) is 1.54. The molecule has 0 bridgehead atoms. The number of hydrogen-bond acceptors (Lipinski definition) is 2. The zero-order valence-electron chi connectivity index (χ0n) is 7.10. The van der Waals surface area contributed by atoms with Crippen LogP contribution in [0, 0.1) is 0 Å². The molecular weight excluding hydrogens is 164 g/mol. The van der Waals surface area contributed by atoms with Gasteiger partial charge in [-0.2, -0.15) is 0 Å². The van der Waals surface area contributed by atoms with Gasteiger partial charge < -0.3 is 5.11 Å². The molecule has 2 heteroatoms. The maximum Gasteiger partial charge on any atom is 0.159 e. The van der Waals surface area contributed by atoms with Crippen LogP contribution < -0.4 is 0 Å². The Morgan fingerprint density at radius 2 is 1.92 bits per heavy atom. The van der Waals surface area contributed by atoms with Gasteiger partial charge in [-0.25, -0.2) is 0 Å². The van der Waals surface area contributed by atoms with Crippen LogP contribution in [0.2, 0.25) is 0 Å². The number of ketones is 1. The molecule has 2 rings (SSSR count). The lowest BCUT2D eigenvalue weighted by Crippen LogP contribution is -2.05. The van der Waals surface area contributed by atoms with E-state index in [9.17, 15) is 9.90 Å². The lowest BCUT2D eigenvalue weighted by Gasteiger charge is -2.06. The molecule has 1 aliphatic carbocycles. The summed E-state index contributed by atoms with van der Waals surface area (Å²) in [4.78, 5) is 11.0. The molecule has 0 saturated carbocycles. The third-order valence-electron chi connectivity index (χ3n) is 2.18. The molecule has 0 radical (unpaired) electrons. The molecule has 1 unspecified atom stereocenters.